The molecule has 0 spiro atoms. The van der Waals surface area contributed by atoms with Gasteiger partial charge >= 0.3 is 126 Å². The third-order valence-corrected chi connectivity index (χ3v) is 11.3. The molecule has 0 aromatic carbocycles. The van der Waals surface area contributed by atoms with Gasteiger partial charge in [-0.3, -0.25) is 0 Å². The molecule has 0 aromatic rings. The van der Waals surface area contributed by atoms with Gasteiger partial charge in [-0.15, -0.1) is 0 Å². The Hall–Kier alpha value is -0.287. The van der Waals surface area contributed by atoms with Crippen LogP contribution in [-0.2, 0) is 21.3 Å². The normalized spacial score (nSPS) is 17.3. The van der Waals surface area contributed by atoms with Gasteiger partial charge < -0.3 is 0 Å². The predicted molar refractivity (Wildman–Crippen MR) is 83.1 cm³/mol. The van der Waals surface area contributed by atoms with Crippen molar-refractivity contribution >= 4 is 3.21 Å². The molecular weight excluding hydrogens is 307 g/mol. The maximum absolute atomic E-state index is 2.57. The van der Waals surface area contributed by atoms with Gasteiger partial charge in [0.1, 0.15) is 0 Å². The van der Waals surface area contributed by atoms with Crippen molar-refractivity contribution in [3.8, 4) is 0 Å². The molecule has 2 rings (SSSR count). The summed E-state index contributed by atoms with van der Waals surface area (Å²) < 4.78 is 5.31. The first-order valence-electron chi connectivity index (χ1n) is 7.66. The molecular formula is C18H26Zr. The van der Waals surface area contributed by atoms with E-state index in [4.69, 9.17) is 0 Å². The van der Waals surface area contributed by atoms with Gasteiger partial charge in [0.15, 0.2) is 0 Å². The van der Waals surface area contributed by atoms with Crippen LogP contribution in [0.5, 0.6) is 0 Å². The summed E-state index contributed by atoms with van der Waals surface area (Å²) in [7, 11) is 0. The van der Waals surface area contributed by atoms with E-state index in [0.29, 0.717) is 0 Å². The first-order valence-corrected chi connectivity index (χ1v) is 11.3. The van der Waals surface area contributed by atoms with E-state index in [-0.39, 0.29) is 0 Å². The monoisotopic (exact) mass is 332 g/mol. The van der Waals surface area contributed by atoms with Crippen LogP contribution in [0.2, 0.25) is 0 Å². The maximum atomic E-state index is 2.57. The predicted octanol–water partition coefficient (Wildman–Crippen LogP) is 5.45. The average Bonchev–Trinajstić information content (AvgIpc) is 3.02. The van der Waals surface area contributed by atoms with Crippen LogP contribution in [-0.4, -0.2) is 3.21 Å². The fraction of sp³-hybridized carbons (Fsp3) is 0.500. The van der Waals surface area contributed by atoms with E-state index < -0.39 is 21.3 Å². The molecule has 0 amide bonds. The molecule has 0 saturated heterocycles. The van der Waals surface area contributed by atoms with Crippen molar-refractivity contribution < 1.29 is 21.3 Å². The molecule has 0 nitrogen and oxygen atoms in total. The third kappa shape index (κ3) is 4.09. The number of rotatable bonds is 6. The molecule has 0 bridgehead atoms. The Kier molecular flexibility index (Phi) is 5.95. The van der Waals surface area contributed by atoms with Gasteiger partial charge in [0.25, 0.3) is 0 Å². The van der Waals surface area contributed by atoms with Gasteiger partial charge in [0, 0.05) is 0 Å². The van der Waals surface area contributed by atoms with Crippen LogP contribution < -0.4 is 0 Å². The Labute approximate surface area is 126 Å². The molecule has 0 saturated carbocycles. The first-order chi connectivity index (χ1) is 9.22. The molecule has 0 N–H and O–H groups in total. The Morgan fingerprint density at radius 3 is 2.63 bits per heavy atom. The number of allylic oxidation sites excluding steroid dienone is 8. The second kappa shape index (κ2) is 7.48. The van der Waals surface area contributed by atoms with Crippen molar-refractivity contribution in [3.63, 3.8) is 0 Å². The number of hydrogen-bond donors (Lipinski definition) is 0. The van der Waals surface area contributed by atoms with Crippen LogP contribution in [0, 0.1) is 0 Å². The Balaban J connectivity index is 2.06. The van der Waals surface area contributed by atoms with Crippen LogP contribution in [0.3, 0.4) is 0 Å². The molecule has 0 aliphatic heterocycles. The second-order valence-corrected chi connectivity index (χ2v) is 13.3. The summed E-state index contributed by atoms with van der Waals surface area (Å²) in [4.78, 5) is 0. The van der Waals surface area contributed by atoms with E-state index in [1.807, 2.05) is 3.28 Å². The molecule has 0 heterocycles. The molecule has 102 valence electrons. The molecule has 19 heavy (non-hydrogen) atoms. The summed E-state index contributed by atoms with van der Waals surface area (Å²) in [6, 6.07) is 0. The zero-order valence-corrected chi connectivity index (χ0v) is 15.1. The van der Waals surface area contributed by atoms with Crippen molar-refractivity contribution in [1.82, 2.24) is 0 Å². The van der Waals surface area contributed by atoms with Crippen molar-refractivity contribution in [2.24, 2.45) is 0 Å². The van der Waals surface area contributed by atoms with E-state index in [1.165, 1.54) is 38.5 Å². The summed E-state index contributed by atoms with van der Waals surface area (Å²) in [6.45, 7) is 7.01. The Morgan fingerprint density at radius 2 is 2.00 bits per heavy atom. The van der Waals surface area contributed by atoms with Crippen LogP contribution in [0.25, 0.3) is 0 Å². The standard InChI is InChI=1S/C10H15.C5H5.C3H6.Zr/c1-2-3-4-7-10-8-5-6-9-10;1-2-4-5-3-1;1-3-2;/h8-9H,2-5,7H2,1H3;1-3H,4H2;1-2H3;. The topological polar surface area (TPSA) is 0 Å². The second-order valence-electron chi connectivity index (χ2n) is 5.81. The molecule has 2 aliphatic carbocycles. The summed E-state index contributed by atoms with van der Waals surface area (Å²) >= 11 is -1.61. The quantitative estimate of drug-likeness (QED) is 0.567. The van der Waals surface area contributed by atoms with E-state index in [0.717, 1.165) is 0 Å². The van der Waals surface area contributed by atoms with Gasteiger partial charge in [-0.1, -0.05) is 0 Å². The fourth-order valence-electron chi connectivity index (χ4n) is 2.99. The van der Waals surface area contributed by atoms with Gasteiger partial charge in [0.2, 0.25) is 0 Å². The summed E-state index contributed by atoms with van der Waals surface area (Å²) in [6.07, 6.45) is 19.9. The van der Waals surface area contributed by atoms with Crippen molar-refractivity contribution in [2.45, 2.75) is 59.3 Å². The van der Waals surface area contributed by atoms with Crippen molar-refractivity contribution in [3.05, 3.63) is 42.5 Å². The summed E-state index contributed by atoms with van der Waals surface area (Å²) in [5.41, 5.74) is 1.62. The molecule has 0 aromatic heterocycles. The van der Waals surface area contributed by atoms with Gasteiger partial charge in [0.05, 0.1) is 0 Å². The summed E-state index contributed by atoms with van der Waals surface area (Å²) in [5, 5.41) is 0. The van der Waals surface area contributed by atoms with Crippen LogP contribution in [0.1, 0.15) is 59.3 Å². The summed E-state index contributed by atoms with van der Waals surface area (Å²) in [5.74, 6) is 0. The van der Waals surface area contributed by atoms with Crippen LogP contribution in [0.15, 0.2) is 42.5 Å². The zero-order valence-electron chi connectivity index (χ0n) is 12.6. The van der Waals surface area contributed by atoms with E-state index in [2.05, 4.69) is 51.2 Å². The van der Waals surface area contributed by atoms with Crippen molar-refractivity contribution in [1.29, 1.82) is 0 Å². The number of hydrogen-bond acceptors (Lipinski definition) is 0. The minimum atomic E-state index is -1.61. The molecule has 0 atom stereocenters. The van der Waals surface area contributed by atoms with Crippen molar-refractivity contribution in [2.75, 3.05) is 0 Å². The van der Waals surface area contributed by atoms with Crippen LogP contribution >= 0.6 is 0 Å². The molecule has 2 aliphatic rings. The fourth-order valence-corrected chi connectivity index (χ4v) is 10.2. The molecule has 0 unspecified atom stereocenters. The van der Waals surface area contributed by atoms with E-state index in [9.17, 15) is 0 Å². The first kappa shape index (κ1) is 15.1. The molecule has 0 fully saturated rings. The van der Waals surface area contributed by atoms with Crippen LogP contribution in [0.4, 0.5) is 0 Å². The molecule has 1 heteroatoms. The minimum absolute atomic E-state index is 1.22. The Morgan fingerprint density at radius 1 is 1.16 bits per heavy atom. The average molecular weight is 334 g/mol. The van der Waals surface area contributed by atoms with Gasteiger partial charge in [-0.05, 0) is 0 Å². The zero-order chi connectivity index (χ0) is 13.7. The number of unbranched alkanes of at least 4 members (excludes halogenated alkanes) is 2. The van der Waals surface area contributed by atoms with Gasteiger partial charge in [-0.25, -0.2) is 0 Å². The molecule has 0 radical (unpaired) electrons. The Bertz CT molecular complexity index is 480. The third-order valence-electron chi connectivity index (χ3n) is 3.93. The van der Waals surface area contributed by atoms with E-state index >= 15 is 0 Å². The SMILES string of the molecule is CCCCCC1=CC[C]([Zr]([C]2=CC=CC2)=[C](C)C)=C1. The van der Waals surface area contributed by atoms with Gasteiger partial charge in [-0.2, -0.15) is 0 Å². The van der Waals surface area contributed by atoms with E-state index in [1.54, 1.807) is 12.1 Å².